The minimum Gasteiger partial charge on any atom is -0.481 e. The summed E-state index contributed by atoms with van der Waals surface area (Å²) in [5.41, 5.74) is 0.890. The van der Waals surface area contributed by atoms with Gasteiger partial charge in [-0.3, -0.25) is 4.79 Å². The van der Waals surface area contributed by atoms with Gasteiger partial charge >= 0.3 is 5.97 Å². The standard InChI is InChI=1S/C9H9ClO2.C5H13N/c10-8-4-2-1-3-7(8)5-6-9(11)12;1-3-4-5-6-2/h1-4H,5-6H2,(H,11,12);6H,3-5H2,1-2H3. The van der Waals surface area contributed by atoms with E-state index in [0.717, 1.165) is 12.1 Å². The molecule has 0 aliphatic carbocycles. The second-order valence-corrected chi connectivity index (χ2v) is 4.35. The summed E-state index contributed by atoms with van der Waals surface area (Å²) in [6, 6.07) is 7.28. The van der Waals surface area contributed by atoms with Gasteiger partial charge in [-0.15, -0.1) is 0 Å². The van der Waals surface area contributed by atoms with Crippen LogP contribution in [0.1, 0.15) is 31.7 Å². The van der Waals surface area contributed by atoms with Crippen LogP contribution in [0.15, 0.2) is 24.3 Å². The fraction of sp³-hybridized carbons (Fsp3) is 0.500. The smallest absolute Gasteiger partial charge is 0.303 e. The van der Waals surface area contributed by atoms with Crippen molar-refractivity contribution in [1.82, 2.24) is 5.32 Å². The Hall–Kier alpha value is -1.06. The molecule has 0 atom stereocenters. The summed E-state index contributed by atoms with van der Waals surface area (Å²) in [5, 5.41) is 12.1. The summed E-state index contributed by atoms with van der Waals surface area (Å²) in [4.78, 5) is 10.2. The van der Waals surface area contributed by atoms with Gasteiger partial charge in [0.15, 0.2) is 0 Å². The Bertz CT molecular complexity index is 338. The van der Waals surface area contributed by atoms with Crippen molar-refractivity contribution >= 4 is 17.6 Å². The lowest BCUT2D eigenvalue weighted by Crippen LogP contribution is -2.06. The fourth-order valence-corrected chi connectivity index (χ4v) is 1.53. The average molecular weight is 272 g/mol. The predicted molar refractivity (Wildman–Crippen MR) is 76.2 cm³/mol. The van der Waals surface area contributed by atoms with Crippen molar-refractivity contribution in [3.63, 3.8) is 0 Å². The van der Waals surface area contributed by atoms with E-state index in [9.17, 15) is 4.79 Å². The Morgan fingerprint density at radius 1 is 1.39 bits per heavy atom. The zero-order valence-electron chi connectivity index (χ0n) is 11.1. The lowest BCUT2D eigenvalue weighted by atomic mass is 10.1. The van der Waals surface area contributed by atoms with Crippen molar-refractivity contribution in [3.8, 4) is 0 Å². The first-order valence-electron chi connectivity index (χ1n) is 6.21. The lowest BCUT2D eigenvalue weighted by molar-refractivity contribution is -0.136. The maximum Gasteiger partial charge on any atom is 0.303 e. The van der Waals surface area contributed by atoms with Gasteiger partial charge in [-0.05, 0) is 38.1 Å². The number of aryl methyl sites for hydroxylation is 1. The van der Waals surface area contributed by atoms with E-state index in [1.807, 2.05) is 25.2 Å². The van der Waals surface area contributed by atoms with Crippen molar-refractivity contribution in [2.75, 3.05) is 13.6 Å². The van der Waals surface area contributed by atoms with Gasteiger partial charge in [0.2, 0.25) is 0 Å². The first kappa shape index (κ1) is 16.9. The number of benzene rings is 1. The SMILES string of the molecule is CCCCNC.O=C(O)CCc1ccccc1Cl. The van der Waals surface area contributed by atoms with E-state index in [1.165, 1.54) is 12.8 Å². The number of rotatable bonds is 6. The minimum atomic E-state index is -0.796. The normalized spacial score (nSPS) is 9.50. The van der Waals surface area contributed by atoms with Crippen molar-refractivity contribution in [3.05, 3.63) is 34.9 Å². The third-order valence-electron chi connectivity index (χ3n) is 2.35. The van der Waals surface area contributed by atoms with Crippen molar-refractivity contribution in [1.29, 1.82) is 0 Å². The van der Waals surface area contributed by atoms with E-state index < -0.39 is 5.97 Å². The van der Waals surface area contributed by atoms with Gasteiger partial charge in [-0.1, -0.05) is 43.1 Å². The molecule has 1 aromatic rings. The predicted octanol–water partition coefficient (Wildman–Crippen LogP) is 3.36. The van der Waals surface area contributed by atoms with Crippen LogP contribution in [0.25, 0.3) is 0 Å². The third kappa shape index (κ3) is 9.02. The van der Waals surface area contributed by atoms with Crippen LogP contribution >= 0.6 is 11.6 Å². The van der Waals surface area contributed by atoms with Crippen molar-refractivity contribution < 1.29 is 9.90 Å². The van der Waals surface area contributed by atoms with E-state index >= 15 is 0 Å². The molecule has 0 saturated heterocycles. The topological polar surface area (TPSA) is 49.3 Å². The quantitative estimate of drug-likeness (QED) is 0.780. The van der Waals surface area contributed by atoms with E-state index in [1.54, 1.807) is 6.07 Å². The van der Waals surface area contributed by atoms with Crippen molar-refractivity contribution in [2.24, 2.45) is 0 Å². The van der Waals surface area contributed by atoms with Crippen molar-refractivity contribution in [2.45, 2.75) is 32.6 Å². The van der Waals surface area contributed by atoms with Crippen LogP contribution in [-0.2, 0) is 11.2 Å². The second-order valence-electron chi connectivity index (χ2n) is 3.94. The molecule has 18 heavy (non-hydrogen) atoms. The van der Waals surface area contributed by atoms with Gasteiger partial charge in [0.25, 0.3) is 0 Å². The fourth-order valence-electron chi connectivity index (χ4n) is 1.30. The molecule has 1 rings (SSSR count). The molecule has 0 aliphatic heterocycles. The maximum absolute atomic E-state index is 10.2. The number of nitrogens with one attached hydrogen (secondary N) is 1. The Kier molecular flexibility index (Phi) is 10.4. The molecular weight excluding hydrogens is 250 g/mol. The Balaban J connectivity index is 0.000000411. The highest BCUT2D eigenvalue weighted by Crippen LogP contribution is 2.16. The molecule has 0 aromatic heterocycles. The molecule has 0 bridgehead atoms. The molecule has 0 aliphatic rings. The third-order valence-corrected chi connectivity index (χ3v) is 2.72. The molecule has 2 N–H and O–H groups in total. The molecule has 0 radical (unpaired) electrons. The summed E-state index contributed by atoms with van der Waals surface area (Å²) in [7, 11) is 1.98. The molecule has 0 saturated carbocycles. The molecule has 4 heteroatoms. The largest absolute Gasteiger partial charge is 0.481 e. The monoisotopic (exact) mass is 271 g/mol. The molecule has 3 nitrogen and oxygen atoms in total. The summed E-state index contributed by atoms with van der Waals surface area (Å²) >= 11 is 5.81. The molecule has 0 fully saturated rings. The lowest BCUT2D eigenvalue weighted by Gasteiger charge is -1.99. The van der Waals surface area contributed by atoms with Crippen LogP contribution in [0.3, 0.4) is 0 Å². The van der Waals surface area contributed by atoms with Crippen LogP contribution in [0, 0.1) is 0 Å². The number of hydrogen-bond donors (Lipinski definition) is 2. The summed E-state index contributed by atoms with van der Waals surface area (Å²) in [5.74, 6) is -0.796. The first-order chi connectivity index (χ1) is 8.61. The number of carboxylic acids is 1. The molecule has 102 valence electrons. The van der Waals surface area contributed by atoms with Gasteiger partial charge in [0, 0.05) is 11.4 Å². The molecule has 0 amide bonds. The molecule has 0 spiro atoms. The molecule has 0 unspecified atom stereocenters. The molecule has 1 aromatic carbocycles. The summed E-state index contributed by atoms with van der Waals surface area (Å²) < 4.78 is 0. The van der Waals surface area contributed by atoms with Gasteiger partial charge < -0.3 is 10.4 Å². The van der Waals surface area contributed by atoms with Crippen LogP contribution < -0.4 is 5.32 Å². The number of unbranched alkanes of at least 4 members (excludes halogenated alkanes) is 1. The van der Waals surface area contributed by atoms with E-state index in [2.05, 4.69) is 12.2 Å². The van der Waals surface area contributed by atoms with E-state index in [-0.39, 0.29) is 6.42 Å². The van der Waals surface area contributed by atoms with Crippen LogP contribution in [0.4, 0.5) is 0 Å². The van der Waals surface area contributed by atoms with Crippen LogP contribution in [0.5, 0.6) is 0 Å². The number of halogens is 1. The van der Waals surface area contributed by atoms with Crippen LogP contribution in [-0.4, -0.2) is 24.7 Å². The minimum absolute atomic E-state index is 0.129. The molecule has 0 heterocycles. The van der Waals surface area contributed by atoms with Gasteiger partial charge in [0.1, 0.15) is 0 Å². The van der Waals surface area contributed by atoms with Gasteiger partial charge in [0.05, 0.1) is 0 Å². The summed E-state index contributed by atoms with van der Waals surface area (Å²) in [6.45, 7) is 3.36. The number of aliphatic carboxylic acids is 1. The molecular formula is C14H22ClNO2. The zero-order valence-corrected chi connectivity index (χ0v) is 11.8. The highest BCUT2D eigenvalue weighted by Gasteiger charge is 2.01. The van der Waals surface area contributed by atoms with Crippen LogP contribution in [0.2, 0.25) is 5.02 Å². The van der Waals surface area contributed by atoms with Gasteiger partial charge in [-0.2, -0.15) is 0 Å². The Labute approximate surface area is 114 Å². The highest BCUT2D eigenvalue weighted by molar-refractivity contribution is 6.31. The summed E-state index contributed by atoms with van der Waals surface area (Å²) in [6.07, 6.45) is 3.22. The Morgan fingerprint density at radius 3 is 2.50 bits per heavy atom. The Morgan fingerprint density at radius 2 is 2.06 bits per heavy atom. The van der Waals surface area contributed by atoms with E-state index in [4.69, 9.17) is 16.7 Å². The average Bonchev–Trinajstić information content (AvgIpc) is 2.36. The first-order valence-corrected chi connectivity index (χ1v) is 6.59. The number of carboxylic acid groups (broad SMARTS) is 1. The highest BCUT2D eigenvalue weighted by atomic mass is 35.5. The van der Waals surface area contributed by atoms with Gasteiger partial charge in [-0.25, -0.2) is 0 Å². The zero-order chi connectivity index (χ0) is 13.8. The van der Waals surface area contributed by atoms with E-state index in [0.29, 0.717) is 11.4 Å². The second kappa shape index (κ2) is 11.1. The maximum atomic E-state index is 10.2. The number of hydrogen-bond acceptors (Lipinski definition) is 2. The number of carbonyl (C=O) groups is 1.